The van der Waals surface area contributed by atoms with Crippen LogP contribution in [0.2, 0.25) is 0 Å². The fourth-order valence-electron chi connectivity index (χ4n) is 2.76. The molecule has 0 fully saturated rings. The van der Waals surface area contributed by atoms with Gasteiger partial charge in [-0.15, -0.1) is 0 Å². The molecule has 0 radical (unpaired) electrons. The highest BCUT2D eigenvalue weighted by Crippen LogP contribution is 2.19. The second-order valence-corrected chi connectivity index (χ2v) is 9.44. The molecule has 5 nitrogen and oxygen atoms in total. The SMILES string of the molecule is CCCCCNC(=O)CN(CCc1ccccc1)S(=O)(=O)c1ccc(Br)cc1. The first kappa shape index (κ1) is 22.6. The number of amides is 1. The first-order chi connectivity index (χ1) is 13.4. The van der Waals surface area contributed by atoms with Gasteiger partial charge in [-0.05, 0) is 42.7 Å². The number of carbonyl (C=O) groups is 1. The van der Waals surface area contributed by atoms with Crippen molar-refractivity contribution in [2.45, 2.75) is 37.5 Å². The number of hydrogen-bond donors (Lipinski definition) is 1. The number of hydrogen-bond acceptors (Lipinski definition) is 3. The maximum absolute atomic E-state index is 13.1. The fraction of sp³-hybridized carbons (Fsp3) is 0.381. The standard InChI is InChI=1S/C21H27BrN2O3S/c1-2-3-7-15-23-21(25)17-24(16-14-18-8-5-4-6-9-18)28(26,27)20-12-10-19(22)11-13-20/h4-6,8-13H,2-3,7,14-17H2,1H3,(H,23,25). The molecule has 2 aromatic rings. The van der Waals surface area contributed by atoms with Crippen LogP contribution >= 0.6 is 15.9 Å². The van der Waals surface area contributed by atoms with E-state index in [-0.39, 0.29) is 23.9 Å². The third kappa shape index (κ3) is 7.04. The van der Waals surface area contributed by atoms with Crippen LogP contribution in [0.4, 0.5) is 0 Å². The Labute approximate surface area is 176 Å². The molecule has 1 amide bonds. The Bertz CT molecular complexity index is 840. The Kier molecular flexibility index (Phi) is 9.15. The Balaban J connectivity index is 2.12. The molecule has 7 heteroatoms. The summed E-state index contributed by atoms with van der Waals surface area (Å²) in [6.07, 6.45) is 3.54. The van der Waals surface area contributed by atoms with E-state index in [1.54, 1.807) is 24.3 Å². The molecule has 2 aromatic carbocycles. The van der Waals surface area contributed by atoms with Crippen molar-refractivity contribution < 1.29 is 13.2 Å². The van der Waals surface area contributed by atoms with Crippen LogP contribution < -0.4 is 5.32 Å². The molecule has 152 valence electrons. The molecule has 2 rings (SSSR count). The van der Waals surface area contributed by atoms with Gasteiger partial charge in [0.25, 0.3) is 0 Å². The lowest BCUT2D eigenvalue weighted by Gasteiger charge is -2.22. The molecule has 0 spiro atoms. The summed E-state index contributed by atoms with van der Waals surface area (Å²) < 4.78 is 28.3. The average Bonchev–Trinajstić information content (AvgIpc) is 2.69. The zero-order chi connectivity index (χ0) is 20.4. The van der Waals surface area contributed by atoms with E-state index < -0.39 is 10.0 Å². The molecular weight excluding hydrogens is 440 g/mol. The molecule has 0 atom stereocenters. The van der Waals surface area contributed by atoms with E-state index in [4.69, 9.17) is 0 Å². The zero-order valence-electron chi connectivity index (χ0n) is 16.1. The van der Waals surface area contributed by atoms with E-state index in [0.29, 0.717) is 13.0 Å². The number of nitrogens with zero attached hydrogens (tertiary/aromatic N) is 1. The number of halogens is 1. The van der Waals surface area contributed by atoms with Crippen molar-refractivity contribution >= 4 is 31.9 Å². The van der Waals surface area contributed by atoms with Crippen molar-refractivity contribution in [3.63, 3.8) is 0 Å². The van der Waals surface area contributed by atoms with Crippen LogP contribution in [0.1, 0.15) is 31.7 Å². The van der Waals surface area contributed by atoms with Gasteiger partial charge < -0.3 is 5.32 Å². The molecule has 0 aliphatic rings. The van der Waals surface area contributed by atoms with Gasteiger partial charge in [-0.25, -0.2) is 8.42 Å². The van der Waals surface area contributed by atoms with Crippen LogP contribution in [-0.2, 0) is 21.2 Å². The summed E-state index contributed by atoms with van der Waals surface area (Å²) in [5, 5.41) is 2.83. The van der Waals surface area contributed by atoms with E-state index in [2.05, 4.69) is 28.2 Å². The van der Waals surface area contributed by atoms with Crippen LogP contribution in [-0.4, -0.2) is 38.3 Å². The van der Waals surface area contributed by atoms with Gasteiger partial charge >= 0.3 is 0 Å². The van der Waals surface area contributed by atoms with Gasteiger partial charge in [0.2, 0.25) is 15.9 Å². The van der Waals surface area contributed by atoms with E-state index in [1.165, 1.54) is 4.31 Å². The molecule has 0 unspecified atom stereocenters. The molecule has 28 heavy (non-hydrogen) atoms. The Morgan fingerprint density at radius 1 is 1.04 bits per heavy atom. The minimum atomic E-state index is -3.77. The smallest absolute Gasteiger partial charge is 0.243 e. The number of carbonyl (C=O) groups excluding carboxylic acids is 1. The molecular formula is C21H27BrN2O3S. The predicted molar refractivity (Wildman–Crippen MR) is 116 cm³/mol. The van der Waals surface area contributed by atoms with Crippen LogP contribution in [0, 0.1) is 0 Å². The predicted octanol–water partition coefficient (Wildman–Crippen LogP) is 3.99. The summed E-state index contributed by atoms with van der Waals surface area (Å²) in [7, 11) is -3.77. The van der Waals surface area contributed by atoms with Crippen molar-refractivity contribution in [3.8, 4) is 0 Å². The highest BCUT2D eigenvalue weighted by atomic mass is 79.9. The number of unbranched alkanes of at least 4 members (excludes halogenated alkanes) is 2. The Hall–Kier alpha value is -1.70. The minimum Gasteiger partial charge on any atom is -0.355 e. The van der Waals surface area contributed by atoms with Gasteiger partial charge in [0.15, 0.2) is 0 Å². The number of rotatable bonds is 11. The van der Waals surface area contributed by atoms with E-state index in [9.17, 15) is 13.2 Å². The first-order valence-corrected chi connectivity index (χ1v) is 11.7. The maximum Gasteiger partial charge on any atom is 0.243 e. The summed E-state index contributed by atoms with van der Waals surface area (Å²) in [6, 6.07) is 16.1. The molecule has 0 aromatic heterocycles. The molecule has 1 N–H and O–H groups in total. The number of sulfonamides is 1. The van der Waals surface area contributed by atoms with E-state index in [1.807, 2.05) is 30.3 Å². The molecule has 0 bridgehead atoms. The monoisotopic (exact) mass is 466 g/mol. The molecule has 0 saturated carbocycles. The zero-order valence-corrected chi connectivity index (χ0v) is 18.5. The molecule has 0 aliphatic carbocycles. The summed E-state index contributed by atoms with van der Waals surface area (Å²) >= 11 is 3.32. The van der Waals surface area contributed by atoms with Crippen LogP contribution in [0.25, 0.3) is 0 Å². The maximum atomic E-state index is 13.1. The van der Waals surface area contributed by atoms with Crippen molar-refractivity contribution in [2.24, 2.45) is 0 Å². The first-order valence-electron chi connectivity index (χ1n) is 9.50. The van der Waals surface area contributed by atoms with Gasteiger partial charge in [0.05, 0.1) is 11.4 Å². The van der Waals surface area contributed by atoms with Gasteiger partial charge in [-0.2, -0.15) is 4.31 Å². The summed E-state index contributed by atoms with van der Waals surface area (Å²) in [6.45, 7) is 2.72. The number of nitrogens with one attached hydrogen (secondary N) is 1. The van der Waals surface area contributed by atoms with Crippen molar-refractivity contribution in [1.82, 2.24) is 9.62 Å². The normalized spacial score (nSPS) is 11.5. The Morgan fingerprint density at radius 3 is 2.36 bits per heavy atom. The second kappa shape index (κ2) is 11.3. The van der Waals surface area contributed by atoms with Crippen molar-refractivity contribution in [1.29, 1.82) is 0 Å². The Morgan fingerprint density at radius 2 is 1.71 bits per heavy atom. The quantitative estimate of drug-likeness (QED) is 0.509. The third-order valence-electron chi connectivity index (χ3n) is 4.37. The lowest BCUT2D eigenvalue weighted by Crippen LogP contribution is -2.42. The summed E-state index contributed by atoms with van der Waals surface area (Å²) in [4.78, 5) is 12.5. The van der Waals surface area contributed by atoms with E-state index in [0.717, 1.165) is 29.3 Å². The molecule has 0 aliphatic heterocycles. The topological polar surface area (TPSA) is 66.5 Å². The summed E-state index contributed by atoms with van der Waals surface area (Å²) in [5.74, 6) is -0.273. The fourth-order valence-corrected chi connectivity index (χ4v) is 4.42. The molecule has 0 heterocycles. The summed E-state index contributed by atoms with van der Waals surface area (Å²) in [5.41, 5.74) is 1.03. The van der Waals surface area contributed by atoms with E-state index >= 15 is 0 Å². The van der Waals surface area contributed by atoms with Gasteiger partial charge in [-0.3, -0.25) is 4.79 Å². The average molecular weight is 467 g/mol. The highest BCUT2D eigenvalue weighted by Gasteiger charge is 2.26. The van der Waals surface area contributed by atoms with Crippen LogP contribution in [0.3, 0.4) is 0 Å². The largest absolute Gasteiger partial charge is 0.355 e. The molecule has 0 saturated heterocycles. The van der Waals surface area contributed by atoms with Gasteiger partial charge in [-0.1, -0.05) is 66.0 Å². The van der Waals surface area contributed by atoms with Gasteiger partial charge in [0.1, 0.15) is 0 Å². The van der Waals surface area contributed by atoms with Crippen molar-refractivity contribution in [2.75, 3.05) is 19.6 Å². The number of benzene rings is 2. The second-order valence-electron chi connectivity index (χ2n) is 6.59. The minimum absolute atomic E-state index is 0.183. The van der Waals surface area contributed by atoms with Crippen LogP contribution in [0.15, 0.2) is 64.0 Å². The lowest BCUT2D eigenvalue weighted by atomic mass is 10.1. The highest BCUT2D eigenvalue weighted by molar-refractivity contribution is 9.10. The van der Waals surface area contributed by atoms with Crippen molar-refractivity contribution in [3.05, 3.63) is 64.6 Å². The van der Waals surface area contributed by atoms with Crippen LogP contribution in [0.5, 0.6) is 0 Å². The third-order valence-corrected chi connectivity index (χ3v) is 6.75. The lowest BCUT2D eigenvalue weighted by molar-refractivity contribution is -0.121. The van der Waals surface area contributed by atoms with Gasteiger partial charge in [0, 0.05) is 17.6 Å².